The van der Waals surface area contributed by atoms with Gasteiger partial charge >= 0.3 is 0 Å². The fraction of sp³-hybridized carbons (Fsp3) is 0.167. The molecule has 0 atom stereocenters. The van der Waals surface area contributed by atoms with Crippen molar-refractivity contribution >= 4 is 0 Å². The van der Waals surface area contributed by atoms with E-state index in [1.165, 1.54) is 0 Å². The topological polar surface area (TPSA) is 61.8 Å². The molecule has 0 fully saturated rings. The van der Waals surface area contributed by atoms with E-state index in [1.807, 2.05) is 25.1 Å². The van der Waals surface area contributed by atoms with Crippen molar-refractivity contribution < 1.29 is 5.11 Å². The molecule has 1 aromatic carbocycles. The third kappa shape index (κ3) is 2.04. The molecule has 1 heterocycles. The Morgan fingerprint density at radius 3 is 2.94 bits per heavy atom. The van der Waals surface area contributed by atoms with Crippen LogP contribution in [0.15, 0.2) is 30.5 Å². The largest absolute Gasteiger partial charge is 0.508 e. The van der Waals surface area contributed by atoms with Crippen LogP contribution in [0.3, 0.4) is 0 Å². The third-order valence-corrected chi connectivity index (χ3v) is 2.23. The van der Waals surface area contributed by atoms with Gasteiger partial charge in [-0.2, -0.15) is 10.4 Å². The van der Waals surface area contributed by atoms with Crippen LogP contribution in [0.4, 0.5) is 0 Å². The molecule has 0 radical (unpaired) electrons. The van der Waals surface area contributed by atoms with Crippen molar-refractivity contribution in [2.24, 2.45) is 0 Å². The number of hydrogen-bond donors (Lipinski definition) is 1. The smallest absolute Gasteiger partial charge is 0.128 e. The Morgan fingerprint density at radius 1 is 1.44 bits per heavy atom. The molecule has 2 rings (SSSR count). The lowest BCUT2D eigenvalue weighted by Gasteiger charge is -2.00. The molecule has 1 aromatic heterocycles. The van der Waals surface area contributed by atoms with E-state index < -0.39 is 0 Å². The summed E-state index contributed by atoms with van der Waals surface area (Å²) in [6.45, 7) is 2.15. The van der Waals surface area contributed by atoms with Gasteiger partial charge in [-0.1, -0.05) is 0 Å². The number of phenolic OH excluding ortho intramolecular Hbond substituents is 1. The first kappa shape index (κ1) is 10.2. The zero-order chi connectivity index (χ0) is 11.5. The van der Waals surface area contributed by atoms with Gasteiger partial charge in [0.1, 0.15) is 12.3 Å². The molecule has 4 nitrogen and oxygen atoms in total. The highest BCUT2D eigenvalue weighted by Gasteiger charge is 2.04. The number of hydrogen-bond acceptors (Lipinski definition) is 3. The van der Waals surface area contributed by atoms with E-state index >= 15 is 0 Å². The average Bonchev–Trinajstić information content (AvgIpc) is 2.65. The highest BCUT2D eigenvalue weighted by molar-refractivity contribution is 5.61. The van der Waals surface area contributed by atoms with Gasteiger partial charge in [-0.3, -0.25) is 4.68 Å². The molecule has 1 N–H and O–H groups in total. The van der Waals surface area contributed by atoms with Crippen LogP contribution in [-0.4, -0.2) is 14.9 Å². The molecule has 0 aliphatic carbocycles. The minimum atomic E-state index is 0.227. The first-order valence-corrected chi connectivity index (χ1v) is 4.90. The first-order chi connectivity index (χ1) is 7.69. The van der Waals surface area contributed by atoms with Crippen molar-refractivity contribution in [2.75, 3.05) is 0 Å². The van der Waals surface area contributed by atoms with Gasteiger partial charge in [0.25, 0.3) is 0 Å². The van der Waals surface area contributed by atoms with Crippen LogP contribution >= 0.6 is 0 Å². The Labute approximate surface area is 93.4 Å². The van der Waals surface area contributed by atoms with Crippen LogP contribution in [0.5, 0.6) is 5.75 Å². The molecule has 0 aliphatic heterocycles. The molecule has 0 aliphatic rings. The summed E-state index contributed by atoms with van der Waals surface area (Å²) in [5, 5.41) is 22.3. The van der Waals surface area contributed by atoms with Gasteiger partial charge in [0.15, 0.2) is 0 Å². The summed E-state index contributed by atoms with van der Waals surface area (Å²) in [4.78, 5) is 0. The van der Waals surface area contributed by atoms with Gasteiger partial charge in [0.05, 0.1) is 11.8 Å². The van der Waals surface area contributed by atoms with Crippen LogP contribution < -0.4 is 0 Å². The Kier molecular flexibility index (Phi) is 2.61. The second kappa shape index (κ2) is 4.07. The average molecular weight is 213 g/mol. The van der Waals surface area contributed by atoms with Crippen LogP contribution in [0, 0.1) is 18.3 Å². The number of rotatable bonds is 2. The molecule has 0 saturated heterocycles. The second-order valence-corrected chi connectivity index (χ2v) is 3.61. The maximum atomic E-state index is 9.48. The zero-order valence-electron chi connectivity index (χ0n) is 8.88. The number of aromatic hydroxyl groups is 1. The number of phenols is 1. The van der Waals surface area contributed by atoms with Crippen molar-refractivity contribution in [1.82, 2.24) is 9.78 Å². The van der Waals surface area contributed by atoms with E-state index in [0.29, 0.717) is 0 Å². The summed E-state index contributed by atoms with van der Waals surface area (Å²) in [5.41, 5.74) is 2.59. The summed E-state index contributed by atoms with van der Waals surface area (Å²) in [6.07, 6.45) is 1.75. The van der Waals surface area contributed by atoms with Gasteiger partial charge in [0, 0.05) is 11.8 Å². The van der Waals surface area contributed by atoms with Gasteiger partial charge in [-0.15, -0.1) is 0 Å². The lowest BCUT2D eigenvalue weighted by Crippen LogP contribution is -1.95. The number of benzene rings is 1. The minimum Gasteiger partial charge on any atom is -0.508 e. The van der Waals surface area contributed by atoms with E-state index in [4.69, 9.17) is 5.26 Å². The molecule has 0 unspecified atom stereocenters. The van der Waals surface area contributed by atoms with E-state index in [0.717, 1.165) is 16.8 Å². The second-order valence-electron chi connectivity index (χ2n) is 3.61. The SMILES string of the molecule is Cc1cc(O)cc(-c2ccn(CC#N)n2)c1. The van der Waals surface area contributed by atoms with E-state index in [2.05, 4.69) is 5.10 Å². The van der Waals surface area contributed by atoms with E-state index in [-0.39, 0.29) is 12.3 Å². The van der Waals surface area contributed by atoms with Crippen LogP contribution in [-0.2, 0) is 6.54 Å². The van der Waals surface area contributed by atoms with Crippen molar-refractivity contribution in [3.8, 4) is 23.1 Å². The molecule has 0 saturated carbocycles. The van der Waals surface area contributed by atoms with E-state index in [1.54, 1.807) is 23.0 Å². The van der Waals surface area contributed by atoms with Crippen molar-refractivity contribution in [3.63, 3.8) is 0 Å². The minimum absolute atomic E-state index is 0.227. The quantitative estimate of drug-likeness (QED) is 0.830. The van der Waals surface area contributed by atoms with Crippen LogP contribution in [0.25, 0.3) is 11.3 Å². The highest BCUT2D eigenvalue weighted by atomic mass is 16.3. The van der Waals surface area contributed by atoms with Crippen molar-refractivity contribution in [2.45, 2.75) is 13.5 Å². The first-order valence-electron chi connectivity index (χ1n) is 4.90. The predicted octanol–water partition coefficient (Wildman–Crippen LogP) is 2.09. The Morgan fingerprint density at radius 2 is 2.25 bits per heavy atom. The molecular weight excluding hydrogens is 202 g/mol. The van der Waals surface area contributed by atoms with Gasteiger partial charge in [0.2, 0.25) is 0 Å². The van der Waals surface area contributed by atoms with Crippen molar-refractivity contribution in [3.05, 3.63) is 36.0 Å². The Balaban J connectivity index is 2.39. The highest BCUT2D eigenvalue weighted by Crippen LogP contribution is 2.23. The third-order valence-electron chi connectivity index (χ3n) is 2.23. The normalized spacial score (nSPS) is 10.0. The zero-order valence-corrected chi connectivity index (χ0v) is 8.88. The van der Waals surface area contributed by atoms with Crippen molar-refractivity contribution in [1.29, 1.82) is 5.26 Å². The van der Waals surface area contributed by atoms with Crippen LogP contribution in [0.2, 0.25) is 0 Å². The molecule has 0 spiro atoms. The fourth-order valence-corrected chi connectivity index (χ4v) is 1.59. The maximum absolute atomic E-state index is 9.48. The van der Waals surface area contributed by atoms with E-state index in [9.17, 15) is 5.11 Å². The number of aryl methyl sites for hydroxylation is 1. The molecule has 4 heteroatoms. The standard InChI is InChI=1S/C12H11N3O/c1-9-6-10(8-11(16)7-9)12-2-4-15(14-12)5-3-13/h2,4,6-8,16H,5H2,1H3. The lowest BCUT2D eigenvalue weighted by molar-refractivity contribution is 0.475. The molecule has 0 bridgehead atoms. The summed E-state index contributed by atoms with van der Waals surface area (Å²) >= 11 is 0. The van der Waals surface area contributed by atoms with Gasteiger partial charge in [-0.25, -0.2) is 0 Å². The summed E-state index contributed by atoms with van der Waals surface area (Å²) in [7, 11) is 0. The predicted molar refractivity (Wildman–Crippen MR) is 59.7 cm³/mol. The Hall–Kier alpha value is -2.28. The molecule has 16 heavy (non-hydrogen) atoms. The molecular formula is C12H11N3O. The lowest BCUT2D eigenvalue weighted by atomic mass is 10.1. The molecule has 80 valence electrons. The summed E-state index contributed by atoms with van der Waals surface area (Å²) in [6, 6.07) is 9.14. The number of nitriles is 1. The summed E-state index contributed by atoms with van der Waals surface area (Å²) in [5.74, 6) is 0.227. The maximum Gasteiger partial charge on any atom is 0.128 e. The number of nitrogens with zero attached hydrogens (tertiary/aromatic N) is 3. The molecule has 0 amide bonds. The fourth-order valence-electron chi connectivity index (χ4n) is 1.59. The Bertz CT molecular complexity index is 531. The van der Waals surface area contributed by atoms with Gasteiger partial charge < -0.3 is 5.11 Å². The monoisotopic (exact) mass is 213 g/mol. The summed E-state index contributed by atoms with van der Waals surface area (Å²) < 4.78 is 1.56. The number of aromatic nitrogens is 2. The van der Waals surface area contributed by atoms with Gasteiger partial charge in [-0.05, 0) is 36.8 Å². The van der Waals surface area contributed by atoms with Crippen LogP contribution in [0.1, 0.15) is 5.56 Å². The molecule has 2 aromatic rings.